The van der Waals surface area contributed by atoms with Crippen molar-refractivity contribution in [3.05, 3.63) is 53.1 Å². The molecule has 2 aromatic heterocycles. The summed E-state index contributed by atoms with van der Waals surface area (Å²) in [7, 11) is -3.65. The highest BCUT2D eigenvalue weighted by Crippen LogP contribution is 2.28. The molecular weight excluding hydrogens is 400 g/mol. The molecule has 0 fully saturated rings. The first kappa shape index (κ1) is 19.6. The summed E-state index contributed by atoms with van der Waals surface area (Å²) in [4.78, 5) is 12.3. The van der Waals surface area contributed by atoms with Crippen molar-refractivity contribution < 1.29 is 12.8 Å². The van der Waals surface area contributed by atoms with Crippen LogP contribution in [-0.2, 0) is 16.6 Å². The second kappa shape index (κ2) is 8.23. The average molecular weight is 419 g/mol. The zero-order valence-electron chi connectivity index (χ0n) is 14.9. The molecule has 9 nitrogen and oxygen atoms in total. The first-order chi connectivity index (χ1) is 13.3. The Hall–Kier alpha value is -3.18. The molecule has 11 heteroatoms. The van der Waals surface area contributed by atoms with E-state index in [0.717, 1.165) is 11.9 Å². The Bertz CT molecular complexity index is 1110. The maximum atomic E-state index is 12.2. The van der Waals surface area contributed by atoms with Crippen molar-refractivity contribution in [2.24, 2.45) is 21.5 Å². The van der Waals surface area contributed by atoms with Crippen LogP contribution in [-0.4, -0.2) is 25.7 Å². The summed E-state index contributed by atoms with van der Waals surface area (Å²) in [5.41, 5.74) is 12.2. The van der Waals surface area contributed by atoms with Crippen LogP contribution in [0.1, 0.15) is 11.3 Å². The standard InChI is InChI=1S/C17H18N6O3S2/c1-11-2-5-13(6-3-11)28(24,25)21-10-20-8-12-4-7-15(26-12)14-9-27-17(22-14)23-16(18)19/h2-7,9-10H,8H2,1H3,(H,20,21)(H4,18,19,22,23). The van der Waals surface area contributed by atoms with E-state index in [1.54, 1.807) is 29.6 Å². The van der Waals surface area contributed by atoms with Crippen LogP contribution in [0.4, 0.5) is 5.13 Å². The monoisotopic (exact) mass is 418 g/mol. The number of aryl methyl sites for hydroxylation is 1. The molecule has 0 saturated carbocycles. The highest BCUT2D eigenvalue weighted by molar-refractivity contribution is 7.90. The van der Waals surface area contributed by atoms with Crippen LogP contribution in [0.15, 0.2) is 61.1 Å². The van der Waals surface area contributed by atoms with E-state index >= 15 is 0 Å². The van der Waals surface area contributed by atoms with Gasteiger partial charge < -0.3 is 15.9 Å². The average Bonchev–Trinajstić information content (AvgIpc) is 3.28. The minimum Gasteiger partial charge on any atom is -0.457 e. The number of furan rings is 1. The Balaban J connectivity index is 1.60. The molecule has 0 aliphatic heterocycles. The highest BCUT2D eigenvalue weighted by atomic mass is 32.2. The minimum absolute atomic E-state index is 0.0662. The van der Waals surface area contributed by atoms with Gasteiger partial charge in [0.25, 0.3) is 10.0 Å². The number of hydrogen-bond acceptors (Lipinski definition) is 7. The molecule has 0 aliphatic rings. The fourth-order valence-electron chi connectivity index (χ4n) is 2.17. The minimum atomic E-state index is -3.65. The van der Waals surface area contributed by atoms with Gasteiger partial charge in [-0.25, -0.2) is 13.4 Å². The van der Waals surface area contributed by atoms with Crippen molar-refractivity contribution in [2.75, 3.05) is 0 Å². The van der Waals surface area contributed by atoms with Gasteiger partial charge in [-0.2, -0.15) is 4.99 Å². The zero-order valence-corrected chi connectivity index (χ0v) is 16.5. The smallest absolute Gasteiger partial charge is 0.262 e. The number of aromatic nitrogens is 1. The van der Waals surface area contributed by atoms with E-state index in [4.69, 9.17) is 15.9 Å². The summed E-state index contributed by atoms with van der Waals surface area (Å²) >= 11 is 1.28. The van der Waals surface area contributed by atoms with Crippen LogP contribution in [0.5, 0.6) is 0 Å². The number of thiazole rings is 1. The van der Waals surface area contributed by atoms with Gasteiger partial charge in [-0.1, -0.05) is 17.7 Å². The van der Waals surface area contributed by atoms with Crippen LogP contribution >= 0.6 is 11.3 Å². The van der Waals surface area contributed by atoms with Gasteiger partial charge in [0.2, 0.25) is 5.13 Å². The van der Waals surface area contributed by atoms with Crippen molar-refractivity contribution in [3.63, 3.8) is 0 Å². The summed E-state index contributed by atoms with van der Waals surface area (Å²) in [5, 5.41) is 2.19. The fourth-order valence-corrected chi connectivity index (χ4v) is 3.71. The van der Waals surface area contributed by atoms with Gasteiger partial charge in [0.1, 0.15) is 11.5 Å². The molecule has 0 amide bonds. The van der Waals surface area contributed by atoms with E-state index in [2.05, 4.69) is 19.7 Å². The molecule has 146 valence electrons. The Morgan fingerprint density at radius 2 is 2.00 bits per heavy atom. The summed E-state index contributed by atoms with van der Waals surface area (Å²) < 4.78 is 32.3. The van der Waals surface area contributed by atoms with Crippen LogP contribution in [0.25, 0.3) is 11.5 Å². The number of rotatable bonds is 7. The van der Waals surface area contributed by atoms with Gasteiger partial charge >= 0.3 is 0 Å². The molecule has 0 bridgehead atoms. The lowest BCUT2D eigenvalue weighted by atomic mass is 10.2. The molecule has 0 unspecified atom stereocenters. The van der Waals surface area contributed by atoms with Gasteiger partial charge in [0, 0.05) is 5.38 Å². The zero-order chi connectivity index (χ0) is 20.1. The topological polar surface area (TPSA) is 149 Å². The highest BCUT2D eigenvalue weighted by Gasteiger charge is 2.12. The van der Waals surface area contributed by atoms with Crippen LogP contribution in [0.3, 0.4) is 0 Å². The number of aliphatic imine (C=N–C) groups is 2. The molecule has 0 saturated heterocycles. The molecule has 0 aliphatic carbocycles. The molecule has 5 N–H and O–H groups in total. The molecule has 1 aromatic carbocycles. The van der Waals surface area contributed by atoms with Gasteiger partial charge in [-0.05, 0) is 31.2 Å². The first-order valence-corrected chi connectivity index (χ1v) is 10.4. The molecular formula is C17H18N6O3S2. The fraction of sp³-hybridized carbons (Fsp3) is 0.118. The summed E-state index contributed by atoms with van der Waals surface area (Å²) in [6.07, 6.45) is 1.14. The summed E-state index contributed by atoms with van der Waals surface area (Å²) in [6, 6.07) is 10.0. The van der Waals surface area contributed by atoms with Crippen LogP contribution in [0, 0.1) is 6.92 Å². The predicted molar refractivity (Wildman–Crippen MR) is 109 cm³/mol. The summed E-state index contributed by atoms with van der Waals surface area (Å²) in [5.74, 6) is 1.03. The normalized spacial score (nSPS) is 11.6. The van der Waals surface area contributed by atoms with Gasteiger partial charge in [-0.15, -0.1) is 11.3 Å². The molecule has 0 atom stereocenters. The maximum Gasteiger partial charge on any atom is 0.262 e. The Morgan fingerprint density at radius 3 is 2.71 bits per heavy atom. The molecule has 2 heterocycles. The van der Waals surface area contributed by atoms with E-state index in [1.165, 1.54) is 23.5 Å². The lowest BCUT2D eigenvalue weighted by Gasteiger charge is -2.03. The third-order valence-corrected chi connectivity index (χ3v) is 5.55. The predicted octanol–water partition coefficient (Wildman–Crippen LogP) is 2.12. The van der Waals surface area contributed by atoms with Gasteiger partial charge in [0.05, 0.1) is 17.8 Å². The number of hydrogen-bond donors (Lipinski definition) is 3. The van der Waals surface area contributed by atoms with E-state index in [-0.39, 0.29) is 17.4 Å². The van der Waals surface area contributed by atoms with Crippen LogP contribution in [0.2, 0.25) is 0 Å². The Kier molecular flexibility index (Phi) is 5.76. The van der Waals surface area contributed by atoms with Crippen molar-refractivity contribution in [2.45, 2.75) is 18.4 Å². The van der Waals surface area contributed by atoms with Crippen molar-refractivity contribution >= 4 is 38.8 Å². The van der Waals surface area contributed by atoms with E-state index in [9.17, 15) is 8.42 Å². The van der Waals surface area contributed by atoms with Crippen molar-refractivity contribution in [1.82, 2.24) is 9.71 Å². The maximum absolute atomic E-state index is 12.2. The van der Waals surface area contributed by atoms with E-state index in [1.807, 2.05) is 6.92 Å². The SMILES string of the molecule is Cc1ccc(S(=O)(=O)NC=NCc2ccc(-c3csc(N=C(N)N)n3)o2)cc1. The third-order valence-electron chi connectivity index (χ3n) is 3.51. The summed E-state index contributed by atoms with van der Waals surface area (Å²) in [6.45, 7) is 2.05. The third kappa shape index (κ3) is 4.96. The Morgan fingerprint density at radius 1 is 1.25 bits per heavy atom. The van der Waals surface area contributed by atoms with Gasteiger partial charge in [-0.3, -0.25) is 9.71 Å². The second-order valence-electron chi connectivity index (χ2n) is 5.72. The van der Waals surface area contributed by atoms with Crippen LogP contribution < -0.4 is 16.2 Å². The van der Waals surface area contributed by atoms with E-state index < -0.39 is 10.0 Å². The number of nitrogens with zero attached hydrogens (tertiary/aromatic N) is 3. The van der Waals surface area contributed by atoms with Crippen molar-refractivity contribution in [3.8, 4) is 11.5 Å². The number of guanidine groups is 1. The number of sulfonamides is 1. The molecule has 3 rings (SSSR count). The molecule has 28 heavy (non-hydrogen) atoms. The number of benzene rings is 1. The lowest BCUT2D eigenvalue weighted by Crippen LogP contribution is -2.22. The Labute approximate surface area is 165 Å². The van der Waals surface area contributed by atoms with Crippen molar-refractivity contribution in [1.29, 1.82) is 0 Å². The number of nitrogens with two attached hydrogens (primary N) is 2. The quantitative estimate of drug-likeness (QED) is 0.395. The van der Waals surface area contributed by atoms with E-state index in [0.29, 0.717) is 22.3 Å². The molecule has 0 spiro atoms. The molecule has 3 aromatic rings. The van der Waals surface area contributed by atoms with Gasteiger partial charge in [0.15, 0.2) is 11.7 Å². The molecule has 0 radical (unpaired) electrons. The number of nitrogens with one attached hydrogen (secondary N) is 1. The first-order valence-electron chi connectivity index (χ1n) is 8.05. The lowest BCUT2D eigenvalue weighted by molar-refractivity contribution is 0.524. The largest absolute Gasteiger partial charge is 0.457 e. The second-order valence-corrected chi connectivity index (χ2v) is 8.27.